The van der Waals surface area contributed by atoms with Gasteiger partial charge in [0.05, 0.1) is 17.2 Å². The maximum absolute atomic E-state index is 12.0. The van der Waals surface area contributed by atoms with Crippen LogP contribution in [-0.4, -0.2) is 16.9 Å². The second kappa shape index (κ2) is 6.29. The second-order valence-corrected chi connectivity index (χ2v) is 4.61. The number of unbranched alkanes of at least 4 members (excludes halogenated alkanes) is 1. The highest BCUT2D eigenvalue weighted by Gasteiger charge is 2.13. The van der Waals surface area contributed by atoms with Crippen molar-refractivity contribution in [3.05, 3.63) is 36.5 Å². The van der Waals surface area contributed by atoms with Crippen LogP contribution in [0.3, 0.4) is 0 Å². The minimum Gasteiger partial charge on any atom is -0.324 e. The summed E-state index contributed by atoms with van der Waals surface area (Å²) >= 11 is 0. The van der Waals surface area contributed by atoms with Crippen molar-refractivity contribution >= 4 is 22.5 Å². The van der Waals surface area contributed by atoms with Crippen LogP contribution in [0.2, 0.25) is 0 Å². The number of aromatic nitrogens is 1. The number of pyridine rings is 1. The zero-order valence-corrected chi connectivity index (χ0v) is 11.1. The molecule has 1 atom stereocenters. The normalized spacial score (nSPS) is 12.3. The smallest absolute Gasteiger partial charge is 0.241 e. The van der Waals surface area contributed by atoms with Gasteiger partial charge in [-0.2, -0.15) is 0 Å². The molecule has 2 rings (SSSR count). The first-order valence-electron chi connectivity index (χ1n) is 6.62. The average Bonchev–Trinajstić information content (AvgIpc) is 2.45. The first-order valence-corrected chi connectivity index (χ1v) is 6.62. The van der Waals surface area contributed by atoms with Crippen LogP contribution < -0.4 is 11.1 Å². The van der Waals surface area contributed by atoms with Crippen LogP contribution in [-0.2, 0) is 4.79 Å². The Kier molecular flexibility index (Phi) is 4.47. The Bertz CT molecular complexity index is 563. The van der Waals surface area contributed by atoms with Crippen LogP contribution in [0.4, 0.5) is 5.69 Å². The molecule has 0 aliphatic carbocycles. The SMILES string of the molecule is CCCCC(N)C(=O)Nc1cccc2ncccc12. The monoisotopic (exact) mass is 257 g/mol. The van der Waals surface area contributed by atoms with Crippen molar-refractivity contribution in [1.29, 1.82) is 0 Å². The van der Waals surface area contributed by atoms with Gasteiger partial charge in [0.15, 0.2) is 0 Å². The van der Waals surface area contributed by atoms with Crippen LogP contribution in [0, 0.1) is 0 Å². The van der Waals surface area contributed by atoms with Crippen LogP contribution in [0.5, 0.6) is 0 Å². The van der Waals surface area contributed by atoms with Crippen LogP contribution in [0.25, 0.3) is 10.9 Å². The molecule has 0 saturated carbocycles. The van der Waals surface area contributed by atoms with Crippen molar-refractivity contribution < 1.29 is 4.79 Å². The van der Waals surface area contributed by atoms with Gasteiger partial charge in [0, 0.05) is 11.6 Å². The number of carbonyl (C=O) groups is 1. The summed E-state index contributed by atoms with van der Waals surface area (Å²) in [5.74, 6) is -0.134. The molecule has 0 spiro atoms. The summed E-state index contributed by atoms with van der Waals surface area (Å²) in [7, 11) is 0. The summed E-state index contributed by atoms with van der Waals surface area (Å²) in [6.07, 6.45) is 4.46. The lowest BCUT2D eigenvalue weighted by Gasteiger charge is -2.13. The molecule has 1 unspecified atom stereocenters. The van der Waals surface area contributed by atoms with E-state index in [4.69, 9.17) is 5.73 Å². The molecular formula is C15H19N3O. The Morgan fingerprint density at radius 1 is 1.37 bits per heavy atom. The van der Waals surface area contributed by atoms with Gasteiger partial charge in [0.2, 0.25) is 5.91 Å². The number of hydrogen-bond acceptors (Lipinski definition) is 3. The van der Waals surface area contributed by atoms with E-state index in [0.29, 0.717) is 6.42 Å². The van der Waals surface area contributed by atoms with Gasteiger partial charge in [-0.3, -0.25) is 9.78 Å². The fourth-order valence-electron chi connectivity index (χ4n) is 1.99. The summed E-state index contributed by atoms with van der Waals surface area (Å²) < 4.78 is 0. The van der Waals surface area contributed by atoms with Crippen molar-refractivity contribution in [2.75, 3.05) is 5.32 Å². The number of amides is 1. The second-order valence-electron chi connectivity index (χ2n) is 4.61. The molecule has 1 aromatic heterocycles. The zero-order chi connectivity index (χ0) is 13.7. The lowest BCUT2D eigenvalue weighted by molar-refractivity contribution is -0.117. The third kappa shape index (κ3) is 3.29. The summed E-state index contributed by atoms with van der Waals surface area (Å²) in [6.45, 7) is 2.08. The number of nitrogens with one attached hydrogen (secondary N) is 1. The van der Waals surface area contributed by atoms with E-state index in [9.17, 15) is 4.79 Å². The number of rotatable bonds is 5. The number of anilines is 1. The van der Waals surface area contributed by atoms with Gasteiger partial charge in [0.25, 0.3) is 0 Å². The Balaban J connectivity index is 2.15. The lowest BCUT2D eigenvalue weighted by atomic mass is 10.1. The maximum atomic E-state index is 12.0. The fraction of sp³-hybridized carbons (Fsp3) is 0.333. The number of hydrogen-bond donors (Lipinski definition) is 2. The van der Waals surface area contributed by atoms with Gasteiger partial charge in [-0.15, -0.1) is 0 Å². The van der Waals surface area contributed by atoms with Crippen molar-refractivity contribution in [3.8, 4) is 0 Å². The van der Waals surface area contributed by atoms with Gasteiger partial charge >= 0.3 is 0 Å². The molecule has 1 heterocycles. The molecule has 0 radical (unpaired) electrons. The summed E-state index contributed by atoms with van der Waals surface area (Å²) in [6, 6.07) is 9.01. The molecule has 0 fully saturated rings. The predicted molar refractivity (Wildman–Crippen MR) is 77.9 cm³/mol. The van der Waals surface area contributed by atoms with E-state index in [1.807, 2.05) is 30.3 Å². The van der Waals surface area contributed by atoms with Gasteiger partial charge in [-0.05, 0) is 30.7 Å². The predicted octanol–water partition coefficient (Wildman–Crippen LogP) is 2.69. The first-order chi connectivity index (χ1) is 9.22. The molecule has 1 aromatic carbocycles. The highest BCUT2D eigenvalue weighted by Crippen LogP contribution is 2.21. The fourth-order valence-corrected chi connectivity index (χ4v) is 1.99. The number of fused-ring (bicyclic) bond motifs is 1. The Morgan fingerprint density at radius 2 is 2.21 bits per heavy atom. The van der Waals surface area contributed by atoms with Gasteiger partial charge in [0.1, 0.15) is 0 Å². The molecule has 19 heavy (non-hydrogen) atoms. The van der Waals surface area contributed by atoms with E-state index < -0.39 is 6.04 Å². The summed E-state index contributed by atoms with van der Waals surface area (Å²) in [4.78, 5) is 16.3. The quantitative estimate of drug-likeness (QED) is 0.865. The third-order valence-electron chi connectivity index (χ3n) is 3.11. The molecule has 0 aliphatic heterocycles. The topological polar surface area (TPSA) is 68.0 Å². The van der Waals surface area contributed by atoms with E-state index in [1.165, 1.54) is 0 Å². The molecule has 3 N–H and O–H groups in total. The highest BCUT2D eigenvalue weighted by molar-refractivity contribution is 6.02. The molecule has 0 saturated heterocycles. The molecular weight excluding hydrogens is 238 g/mol. The lowest BCUT2D eigenvalue weighted by Crippen LogP contribution is -2.35. The molecule has 100 valence electrons. The minimum absolute atomic E-state index is 0.134. The van der Waals surface area contributed by atoms with Crippen molar-refractivity contribution in [3.63, 3.8) is 0 Å². The molecule has 2 aromatic rings. The molecule has 0 aliphatic rings. The standard InChI is InChI=1S/C15H19N3O/c1-2-3-7-12(16)15(19)18-14-9-4-8-13-11(14)6-5-10-17-13/h4-6,8-10,12H,2-3,7,16H2,1H3,(H,18,19). The number of carbonyl (C=O) groups excluding carboxylic acids is 1. The first kappa shape index (κ1) is 13.5. The van der Waals surface area contributed by atoms with E-state index in [2.05, 4.69) is 17.2 Å². The van der Waals surface area contributed by atoms with Crippen molar-refractivity contribution in [2.24, 2.45) is 5.73 Å². The largest absolute Gasteiger partial charge is 0.324 e. The number of benzene rings is 1. The van der Waals surface area contributed by atoms with Crippen LogP contribution in [0.15, 0.2) is 36.5 Å². The average molecular weight is 257 g/mol. The van der Waals surface area contributed by atoms with E-state index in [1.54, 1.807) is 6.20 Å². The molecule has 4 nitrogen and oxygen atoms in total. The Labute approximate surface area is 113 Å². The van der Waals surface area contributed by atoms with E-state index in [0.717, 1.165) is 29.4 Å². The number of nitrogens with zero attached hydrogens (tertiary/aromatic N) is 1. The third-order valence-corrected chi connectivity index (χ3v) is 3.11. The zero-order valence-electron chi connectivity index (χ0n) is 11.1. The highest BCUT2D eigenvalue weighted by atomic mass is 16.2. The van der Waals surface area contributed by atoms with Crippen molar-refractivity contribution in [2.45, 2.75) is 32.2 Å². The van der Waals surface area contributed by atoms with Gasteiger partial charge in [-0.25, -0.2) is 0 Å². The van der Waals surface area contributed by atoms with E-state index >= 15 is 0 Å². The summed E-state index contributed by atoms with van der Waals surface area (Å²) in [5.41, 5.74) is 7.50. The van der Waals surface area contributed by atoms with E-state index in [-0.39, 0.29) is 5.91 Å². The van der Waals surface area contributed by atoms with Gasteiger partial charge in [-0.1, -0.05) is 25.8 Å². The van der Waals surface area contributed by atoms with Crippen LogP contribution in [0.1, 0.15) is 26.2 Å². The molecule has 4 heteroatoms. The minimum atomic E-state index is -0.452. The molecule has 0 bridgehead atoms. The van der Waals surface area contributed by atoms with Gasteiger partial charge < -0.3 is 11.1 Å². The van der Waals surface area contributed by atoms with Crippen molar-refractivity contribution in [1.82, 2.24) is 4.98 Å². The van der Waals surface area contributed by atoms with Crippen LogP contribution >= 0.6 is 0 Å². The number of nitrogens with two attached hydrogens (primary N) is 1. The maximum Gasteiger partial charge on any atom is 0.241 e. The Morgan fingerprint density at radius 3 is 3.00 bits per heavy atom. The molecule has 1 amide bonds. The summed E-state index contributed by atoms with van der Waals surface area (Å²) in [5, 5.41) is 3.82. The Hall–Kier alpha value is -1.94.